The molecule has 4 nitrogen and oxygen atoms in total. The predicted octanol–water partition coefficient (Wildman–Crippen LogP) is 0.733. The average Bonchev–Trinajstić information content (AvgIpc) is 2.93. The fourth-order valence-corrected chi connectivity index (χ4v) is 2.75. The fraction of sp³-hybridized carbons (Fsp3) is 0.917. The Hall–Kier alpha value is -0.610. The molecule has 1 saturated carbocycles. The smallest absolute Gasteiger partial charge is 0.308 e. The largest absolute Gasteiger partial charge is 0.481 e. The van der Waals surface area contributed by atoms with Crippen molar-refractivity contribution in [2.45, 2.75) is 25.3 Å². The number of rotatable bonds is 5. The lowest BCUT2D eigenvalue weighted by Gasteiger charge is -2.18. The van der Waals surface area contributed by atoms with Crippen LogP contribution in [-0.2, 0) is 4.79 Å². The average molecular weight is 226 g/mol. The summed E-state index contributed by atoms with van der Waals surface area (Å²) in [7, 11) is 4.23. The molecule has 1 heterocycles. The molecule has 1 aliphatic heterocycles. The summed E-state index contributed by atoms with van der Waals surface area (Å²) in [6.07, 6.45) is 3.36. The van der Waals surface area contributed by atoms with Gasteiger partial charge >= 0.3 is 5.97 Å². The van der Waals surface area contributed by atoms with Crippen molar-refractivity contribution in [2.24, 2.45) is 11.8 Å². The highest BCUT2D eigenvalue weighted by Gasteiger charge is 2.45. The number of aliphatic carboxylic acids is 1. The fourth-order valence-electron chi connectivity index (χ4n) is 2.75. The van der Waals surface area contributed by atoms with Crippen molar-refractivity contribution in [2.75, 3.05) is 33.7 Å². The first-order chi connectivity index (χ1) is 7.58. The Labute approximate surface area is 97.2 Å². The van der Waals surface area contributed by atoms with Crippen molar-refractivity contribution >= 4 is 5.97 Å². The van der Waals surface area contributed by atoms with Gasteiger partial charge in [0.2, 0.25) is 0 Å². The van der Waals surface area contributed by atoms with E-state index >= 15 is 0 Å². The van der Waals surface area contributed by atoms with Gasteiger partial charge in [0.1, 0.15) is 0 Å². The van der Waals surface area contributed by atoms with E-state index in [0.717, 1.165) is 18.9 Å². The molecule has 0 aromatic heterocycles. The van der Waals surface area contributed by atoms with Crippen LogP contribution in [-0.4, -0.2) is 60.6 Å². The maximum Gasteiger partial charge on any atom is 0.308 e. The minimum atomic E-state index is -0.627. The molecule has 16 heavy (non-hydrogen) atoms. The van der Waals surface area contributed by atoms with Crippen LogP contribution in [0.25, 0.3) is 0 Å². The molecule has 0 spiro atoms. The lowest BCUT2D eigenvalue weighted by atomic mass is 10.0. The first-order valence-corrected chi connectivity index (χ1v) is 6.19. The van der Waals surface area contributed by atoms with Crippen LogP contribution in [0.4, 0.5) is 0 Å². The van der Waals surface area contributed by atoms with Crippen LogP contribution in [0.3, 0.4) is 0 Å². The second kappa shape index (κ2) is 4.72. The van der Waals surface area contributed by atoms with E-state index in [9.17, 15) is 4.79 Å². The minimum Gasteiger partial charge on any atom is -0.481 e. The van der Waals surface area contributed by atoms with Gasteiger partial charge in [0, 0.05) is 12.6 Å². The molecule has 0 aromatic rings. The molecule has 4 heteroatoms. The van der Waals surface area contributed by atoms with E-state index in [1.165, 1.54) is 25.9 Å². The van der Waals surface area contributed by atoms with Gasteiger partial charge in [0.05, 0.1) is 5.92 Å². The van der Waals surface area contributed by atoms with Crippen molar-refractivity contribution in [3.05, 3.63) is 0 Å². The van der Waals surface area contributed by atoms with Crippen LogP contribution in [0.15, 0.2) is 0 Å². The van der Waals surface area contributed by atoms with Crippen LogP contribution < -0.4 is 0 Å². The Morgan fingerprint density at radius 3 is 2.81 bits per heavy atom. The summed E-state index contributed by atoms with van der Waals surface area (Å²) in [5, 5.41) is 8.85. The quantitative estimate of drug-likeness (QED) is 0.750. The number of carboxylic acid groups (broad SMARTS) is 1. The Bertz CT molecular complexity index is 270. The van der Waals surface area contributed by atoms with E-state index < -0.39 is 5.97 Å². The highest BCUT2D eigenvalue weighted by Crippen LogP contribution is 2.35. The third kappa shape index (κ3) is 2.74. The van der Waals surface area contributed by atoms with Crippen molar-refractivity contribution < 1.29 is 9.90 Å². The van der Waals surface area contributed by atoms with E-state index in [-0.39, 0.29) is 5.92 Å². The normalized spacial score (nSPS) is 34.6. The number of carboxylic acids is 1. The first-order valence-electron chi connectivity index (χ1n) is 6.19. The molecular formula is C12H22N2O2. The van der Waals surface area contributed by atoms with E-state index in [2.05, 4.69) is 23.9 Å². The third-order valence-corrected chi connectivity index (χ3v) is 4.02. The van der Waals surface area contributed by atoms with Crippen molar-refractivity contribution in [1.82, 2.24) is 9.80 Å². The lowest BCUT2D eigenvalue weighted by Crippen LogP contribution is -2.27. The molecule has 2 rings (SSSR count). The first kappa shape index (κ1) is 11.9. The lowest BCUT2D eigenvalue weighted by molar-refractivity contribution is -0.138. The monoisotopic (exact) mass is 226 g/mol. The Morgan fingerprint density at radius 1 is 1.56 bits per heavy atom. The van der Waals surface area contributed by atoms with Gasteiger partial charge in [-0.25, -0.2) is 0 Å². The molecule has 1 aliphatic carbocycles. The summed E-state index contributed by atoms with van der Waals surface area (Å²) < 4.78 is 0. The molecule has 2 fully saturated rings. The molecule has 0 radical (unpaired) electrons. The number of hydrogen-bond donors (Lipinski definition) is 1. The number of likely N-dealkylation sites (tertiary alicyclic amines) is 1. The summed E-state index contributed by atoms with van der Waals surface area (Å²) in [4.78, 5) is 15.4. The standard InChI is InChI=1S/C12H22N2O2/c1-13-5-3-9(8-13)4-6-14(2)11-7-10(11)12(15)16/h9-11H,3-8H2,1-2H3,(H,15,16). The van der Waals surface area contributed by atoms with Gasteiger partial charge in [0.25, 0.3) is 0 Å². The zero-order chi connectivity index (χ0) is 11.7. The molecule has 0 bridgehead atoms. The molecular weight excluding hydrogens is 204 g/mol. The topological polar surface area (TPSA) is 43.8 Å². The summed E-state index contributed by atoms with van der Waals surface area (Å²) >= 11 is 0. The highest BCUT2D eigenvalue weighted by molar-refractivity contribution is 5.74. The van der Waals surface area contributed by atoms with Crippen LogP contribution in [0.1, 0.15) is 19.3 Å². The zero-order valence-electron chi connectivity index (χ0n) is 10.2. The molecule has 3 atom stereocenters. The molecule has 0 amide bonds. The maximum atomic E-state index is 10.7. The Kier molecular flexibility index (Phi) is 3.50. The van der Waals surface area contributed by atoms with E-state index in [1.54, 1.807) is 0 Å². The van der Waals surface area contributed by atoms with Gasteiger partial charge in [-0.15, -0.1) is 0 Å². The molecule has 3 unspecified atom stereocenters. The third-order valence-electron chi connectivity index (χ3n) is 4.02. The minimum absolute atomic E-state index is 0.101. The number of carbonyl (C=O) groups is 1. The molecule has 2 aliphatic rings. The summed E-state index contributed by atoms with van der Waals surface area (Å²) in [5.74, 6) is 0.0863. The number of hydrogen-bond acceptors (Lipinski definition) is 3. The summed E-state index contributed by atoms with van der Waals surface area (Å²) in [6.45, 7) is 3.48. The van der Waals surface area contributed by atoms with E-state index in [4.69, 9.17) is 5.11 Å². The Balaban J connectivity index is 1.65. The van der Waals surface area contributed by atoms with Crippen LogP contribution >= 0.6 is 0 Å². The van der Waals surface area contributed by atoms with Crippen molar-refractivity contribution in [1.29, 1.82) is 0 Å². The van der Waals surface area contributed by atoms with Gasteiger partial charge in [0.15, 0.2) is 0 Å². The molecule has 0 aromatic carbocycles. The molecule has 1 saturated heterocycles. The van der Waals surface area contributed by atoms with Crippen LogP contribution in [0.2, 0.25) is 0 Å². The number of nitrogens with zero attached hydrogens (tertiary/aromatic N) is 2. The summed E-state index contributed by atoms with van der Waals surface area (Å²) in [6, 6.07) is 0.302. The molecule has 92 valence electrons. The van der Waals surface area contributed by atoms with Gasteiger partial charge in [-0.05, 0) is 52.4 Å². The van der Waals surface area contributed by atoms with Gasteiger partial charge in [-0.1, -0.05) is 0 Å². The predicted molar refractivity (Wildman–Crippen MR) is 62.4 cm³/mol. The van der Waals surface area contributed by atoms with Gasteiger partial charge < -0.3 is 14.9 Å². The zero-order valence-corrected chi connectivity index (χ0v) is 10.2. The van der Waals surface area contributed by atoms with Crippen LogP contribution in [0.5, 0.6) is 0 Å². The van der Waals surface area contributed by atoms with Gasteiger partial charge in [-0.3, -0.25) is 4.79 Å². The van der Waals surface area contributed by atoms with E-state index in [1.807, 2.05) is 0 Å². The van der Waals surface area contributed by atoms with Crippen molar-refractivity contribution in [3.8, 4) is 0 Å². The second-order valence-corrected chi connectivity index (χ2v) is 5.43. The molecule has 1 N–H and O–H groups in total. The van der Waals surface area contributed by atoms with Crippen molar-refractivity contribution in [3.63, 3.8) is 0 Å². The summed E-state index contributed by atoms with van der Waals surface area (Å²) in [5.41, 5.74) is 0. The maximum absolute atomic E-state index is 10.7. The SMILES string of the molecule is CN1CCC(CCN(C)C2CC2C(=O)O)C1. The van der Waals surface area contributed by atoms with Crippen LogP contribution in [0, 0.1) is 11.8 Å². The second-order valence-electron chi connectivity index (χ2n) is 5.43. The van der Waals surface area contributed by atoms with Gasteiger partial charge in [-0.2, -0.15) is 0 Å². The highest BCUT2D eigenvalue weighted by atomic mass is 16.4. The Morgan fingerprint density at radius 2 is 2.31 bits per heavy atom. The van der Waals surface area contributed by atoms with E-state index in [0.29, 0.717) is 6.04 Å².